The van der Waals surface area contributed by atoms with E-state index in [1.165, 1.54) is 17.7 Å². The first-order chi connectivity index (χ1) is 10.9. The molecule has 1 aliphatic heterocycles. The lowest BCUT2D eigenvalue weighted by Crippen LogP contribution is -2.47. The molecular formula is C18H28N2O2S. The molecular weight excluding hydrogens is 308 g/mol. The summed E-state index contributed by atoms with van der Waals surface area (Å²) in [4.78, 5) is 15.4. The zero-order valence-corrected chi connectivity index (χ0v) is 15.2. The van der Waals surface area contributed by atoms with Crippen molar-refractivity contribution in [3.8, 4) is 0 Å². The van der Waals surface area contributed by atoms with Crippen LogP contribution in [0.2, 0.25) is 0 Å². The summed E-state index contributed by atoms with van der Waals surface area (Å²) in [6, 6.07) is 5.40. The highest BCUT2D eigenvalue weighted by Gasteiger charge is 2.35. The van der Waals surface area contributed by atoms with Crippen molar-refractivity contribution in [3.05, 3.63) is 22.4 Å². The number of thiophene rings is 1. The van der Waals surface area contributed by atoms with Gasteiger partial charge in [-0.3, -0.25) is 0 Å². The number of nitrogens with zero attached hydrogens (tertiary/aromatic N) is 1. The largest absolute Gasteiger partial charge is 0.444 e. The first kappa shape index (κ1) is 16.8. The minimum atomic E-state index is -0.414. The molecule has 1 aromatic rings. The van der Waals surface area contributed by atoms with Crippen molar-refractivity contribution >= 4 is 17.4 Å². The lowest BCUT2D eigenvalue weighted by molar-refractivity contribution is 0.0195. The van der Waals surface area contributed by atoms with Crippen LogP contribution in [0.1, 0.15) is 57.4 Å². The maximum atomic E-state index is 12.1. The van der Waals surface area contributed by atoms with Gasteiger partial charge in [0.1, 0.15) is 5.60 Å². The van der Waals surface area contributed by atoms with Gasteiger partial charge >= 0.3 is 6.09 Å². The summed E-state index contributed by atoms with van der Waals surface area (Å²) in [5.41, 5.74) is -0.414. The third-order valence-corrected chi connectivity index (χ3v) is 5.46. The van der Waals surface area contributed by atoms with Gasteiger partial charge in [0.15, 0.2) is 0 Å². The summed E-state index contributed by atoms with van der Waals surface area (Å²) in [6.45, 7) is 7.32. The van der Waals surface area contributed by atoms with Crippen LogP contribution in [0.5, 0.6) is 0 Å². The summed E-state index contributed by atoms with van der Waals surface area (Å²) >= 11 is 1.85. The Hall–Kier alpha value is -1.07. The van der Waals surface area contributed by atoms with E-state index in [-0.39, 0.29) is 6.09 Å². The molecule has 2 aliphatic rings. The fraction of sp³-hybridized carbons (Fsp3) is 0.722. The SMILES string of the molecule is CC(C)(C)OC(=O)N1CCC(NC(c2cccs2)C2CC2)CC1. The minimum absolute atomic E-state index is 0.173. The topological polar surface area (TPSA) is 41.6 Å². The Morgan fingerprint density at radius 1 is 1.30 bits per heavy atom. The van der Waals surface area contributed by atoms with E-state index in [1.54, 1.807) is 0 Å². The highest BCUT2D eigenvalue weighted by molar-refractivity contribution is 7.10. The van der Waals surface area contributed by atoms with Crippen LogP contribution in [0.3, 0.4) is 0 Å². The molecule has 0 radical (unpaired) electrons. The van der Waals surface area contributed by atoms with Crippen molar-refractivity contribution in [2.45, 2.75) is 64.1 Å². The van der Waals surface area contributed by atoms with Gasteiger partial charge in [0.25, 0.3) is 0 Å². The van der Waals surface area contributed by atoms with Crippen molar-refractivity contribution in [2.24, 2.45) is 5.92 Å². The number of carbonyl (C=O) groups excluding carboxylic acids is 1. The predicted octanol–water partition coefficient (Wildman–Crippen LogP) is 4.19. The van der Waals surface area contributed by atoms with Gasteiger partial charge in [0, 0.05) is 30.1 Å². The Morgan fingerprint density at radius 3 is 2.52 bits per heavy atom. The Bertz CT molecular complexity index is 512. The van der Waals surface area contributed by atoms with Crippen LogP contribution in [-0.4, -0.2) is 35.7 Å². The average Bonchev–Trinajstić information content (AvgIpc) is 3.18. The van der Waals surface area contributed by atoms with Crippen LogP contribution in [0.25, 0.3) is 0 Å². The van der Waals surface area contributed by atoms with Gasteiger partial charge in [-0.15, -0.1) is 11.3 Å². The molecule has 23 heavy (non-hydrogen) atoms. The molecule has 5 heteroatoms. The van der Waals surface area contributed by atoms with Crippen LogP contribution in [-0.2, 0) is 4.74 Å². The molecule has 0 bridgehead atoms. The lowest BCUT2D eigenvalue weighted by Gasteiger charge is -2.35. The Kier molecular flexibility index (Phi) is 4.97. The van der Waals surface area contributed by atoms with Gasteiger partial charge in [-0.05, 0) is 63.8 Å². The van der Waals surface area contributed by atoms with Gasteiger partial charge in [-0.25, -0.2) is 4.79 Å². The molecule has 1 aliphatic carbocycles. The molecule has 3 rings (SSSR count). The summed E-state index contributed by atoms with van der Waals surface area (Å²) in [6.07, 6.45) is 4.52. The lowest BCUT2D eigenvalue weighted by atomic mass is 10.0. The Balaban J connectivity index is 1.50. The Labute approximate surface area is 143 Å². The molecule has 1 saturated carbocycles. The van der Waals surface area contributed by atoms with E-state index in [1.807, 2.05) is 37.0 Å². The van der Waals surface area contributed by atoms with Gasteiger partial charge in [0.2, 0.25) is 0 Å². The highest BCUT2D eigenvalue weighted by atomic mass is 32.1. The summed E-state index contributed by atoms with van der Waals surface area (Å²) in [5, 5.41) is 6.02. The smallest absolute Gasteiger partial charge is 0.410 e. The van der Waals surface area contributed by atoms with Crippen LogP contribution >= 0.6 is 11.3 Å². The van der Waals surface area contributed by atoms with Gasteiger partial charge in [0.05, 0.1) is 0 Å². The second-order valence-corrected chi connectivity index (χ2v) is 8.72. The molecule has 4 nitrogen and oxygen atoms in total. The van der Waals surface area contributed by atoms with Gasteiger partial charge in [-0.1, -0.05) is 6.07 Å². The van der Waals surface area contributed by atoms with Crippen molar-refractivity contribution in [2.75, 3.05) is 13.1 Å². The van der Waals surface area contributed by atoms with Gasteiger partial charge < -0.3 is 15.0 Å². The summed E-state index contributed by atoms with van der Waals surface area (Å²) < 4.78 is 5.47. The van der Waals surface area contributed by atoms with Gasteiger partial charge in [-0.2, -0.15) is 0 Å². The Morgan fingerprint density at radius 2 is 2.00 bits per heavy atom. The highest BCUT2D eigenvalue weighted by Crippen LogP contribution is 2.43. The van der Waals surface area contributed by atoms with E-state index >= 15 is 0 Å². The molecule has 1 aromatic heterocycles. The number of nitrogens with one attached hydrogen (secondary N) is 1. The maximum Gasteiger partial charge on any atom is 0.410 e. The number of piperidine rings is 1. The second kappa shape index (κ2) is 6.81. The predicted molar refractivity (Wildman–Crippen MR) is 93.7 cm³/mol. The number of amides is 1. The fourth-order valence-electron chi connectivity index (χ4n) is 3.16. The third kappa shape index (κ3) is 4.70. The fourth-order valence-corrected chi connectivity index (χ4v) is 4.04. The number of hydrogen-bond donors (Lipinski definition) is 1. The minimum Gasteiger partial charge on any atom is -0.444 e. The third-order valence-electron chi connectivity index (χ3n) is 4.51. The normalized spacial score (nSPS) is 21.3. The average molecular weight is 337 g/mol. The van der Waals surface area contributed by atoms with E-state index < -0.39 is 5.60 Å². The van der Waals surface area contributed by atoms with Crippen molar-refractivity contribution in [3.63, 3.8) is 0 Å². The molecule has 1 saturated heterocycles. The van der Waals surface area contributed by atoms with Crippen LogP contribution in [0.15, 0.2) is 17.5 Å². The van der Waals surface area contributed by atoms with E-state index in [0.717, 1.165) is 31.8 Å². The first-order valence-electron chi connectivity index (χ1n) is 8.70. The van der Waals surface area contributed by atoms with Crippen molar-refractivity contribution in [1.29, 1.82) is 0 Å². The van der Waals surface area contributed by atoms with Crippen LogP contribution < -0.4 is 5.32 Å². The molecule has 1 unspecified atom stereocenters. The first-order valence-corrected chi connectivity index (χ1v) is 9.58. The van der Waals surface area contributed by atoms with E-state index in [0.29, 0.717) is 12.1 Å². The molecule has 0 spiro atoms. The summed E-state index contributed by atoms with van der Waals surface area (Å²) in [5.74, 6) is 0.803. The zero-order valence-electron chi connectivity index (χ0n) is 14.4. The monoisotopic (exact) mass is 336 g/mol. The molecule has 1 atom stereocenters. The van der Waals surface area contributed by atoms with Crippen LogP contribution in [0, 0.1) is 5.92 Å². The molecule has 0 aromatic carbocycles. The number of hydrogen-bond acceptors (Lipinski definition) is 4. The van der Waals surface area contributed by atoms with E-state index in [9.17, 15) is 4.79 Å². The summed E-state index contributed by atoms with van der Waals surface area (Å²) in [7, 11) is 0. The molecule has 2 heterocycles. The maximum absolute atomic E-state index is 12.1. The van der Waals surface area contributed by atoms with E-state index in [4.69, 9.17) is 4.74 Å². The molecule has 128 valence electrons. The quantitative estimate of drug-likeness (QED) is 0.896. The van der Waals surface area contributed by atoms with Crippen molar-refractivity contribution in [1.82, 2.24) is 10.2 Å². The molecule has 1 amide bonds. The standard InChI is InChI=1S/C18H28N2O2S/c1-18(2,3)22-17(21)20-10-8-14(9-11-20)19-16(13-6-7-13)15-5-4-12-23-15/h4-5,12-14,16,19H,6-11H2,1-3H3. The van der Waals surface area contributed by atoms with Crippen molar-refractivity contribution < 1.29 is 9.53 Å². The van der Waals surface area contributed by atoms with E-state index in [2.05, 4.69) is 22.8 Å². The zero-order chi connectivity index (χ0) is 16.4. The number of likely N-dealkylation sites (tertiary alicyclic amines) is 1. The number of carbonyl (C=O) groups is 1. The number of ether oxygens (including phenoxy) is 1. The molecule has 2 fully saturated rings. The molecule has 1 N–H and O–H groups in total. The number of rotatable bonds is 4. The second-order valence-electron chi connectivity index (χ2n) is 7.74. The van der Waals surface area contributed by atoms with Crippen LogP contribution in [0.4, 0.5) is 4.79 Å².